The Morgan fingerprint density at radius 2 is 2.18 bits per heavy atom. The van der Waals surface area contributed by atoms with E-state index in [4.69, 9.17) is 21.2 Å². The highest BCUT2D eigenvalue weighted by Crippen LogP contribution is 2.58. The Kier molecular flexibility index (Phi) is 5.44. The molecule has 1 aromatic carbocycles. The molecule has 0 radical (unpaired) electrons. The van der Waals surface area contributed by atoms with E-state index in [1.54, 1.807) is 0 Å². The van der Waals surface area contributed by atoms with E-state index in [0.29, 0.717) is 18.9 Å². The quantitative estimate of drug-likeness (QED) is 0.633. The average Bonchev–Trinajstić information content (AvgIpc) is 3.35. The lowest BCUT2D eigenvalue weighted by atomic mass is 9.69. The molecule has 28 heavy (non-hydrogen) atoms. The summed E-state index contributed by atoms with van der Waals surface area (Å²) in [5.41, 5.74) is 2.43. The van der Waals surface area contributed by atoms with E-state index < -0.39 is 5.82 Å². The Morgan fingerprint density at radius 3 is 2.89 bits per heavy atom. The maximum atomic E-state index is 13.4. The van der Waals surface area contributed by atoms with Crippen LogP contribution in [0.4, 0.5) is 4.39 Å². The number of hydroxylamine groups is 1. The number of amides is 2. The zero-order valence-electron chi connectivity index (χ0n) is 15.3. The molecule has 2 amide bonds. The summed E-state index contributed by atoms with van der Waals surface area (Å²) < 4.78 is 18.7. The predicted molar refractivity (Wildman–Crippen MR) is 99.1 cm³/mol. The first-order chi connectivity index (χ1) is 13.4. The van der Waals surface area contributed by atoms with Crippen LogP contribution in [-0.4, -0.2) is 43.7 Å². The number of ether oxygens (including phenoxy) is 1. The van der Waals surface area contributed by atoms with Crippen LogP contribution in [0.1, 0.15) is 25.7 Å². The van der Waals surface area contributed by atoms with Gasteiger partial charge in [-0.2, -0.15) is 0 Å². The summed E-state index contributed by atoms with van der Waals surface area (Å²) in [4.78, 5) is 30.1. The van der Waals surface area contributed by atoms with Gasteiger partial charge in [-0.3, -0.25) is 14.4 Å². The van der Waals surface area contributed by atoms with Crippen molar-refractivity contribution in [1.82, 2.24) is 16.1 Å². The molecule has 4 aliphatic rings. The van der Waals surface area contributed by atoms with E-state index in [9.17, 15) is 14.0 Å². The summed E-state index contributed by atoms with van der Waals surface area (Å²) in [7, 11) is 0. The van der Waals surface area contributed by atoms with Gasteiger partial charge in [0, 0.05) is 25.2 Å². The lowest BCUT2D eigenvalue weighted by Gasteiger charge is -2.36. The molecular formula is C19H23ClFN3O4. The van der Waals surface area contributed by atoms with E-state index in [1.165, 1.54) is 12.1 Å². The number of hydrogen-bond acceptors (Lipinski definition) is 5. The Morgan fingerprint density at radius 1 is 1.36 bits per heavy atom. The number of fused-ring (bicyclic) bond motifs is 1. The summed E-state index contributed by atoms with van der Waals surface area (Å²) in [5, 5.41) is 5.93. The van der Waals surface area contributed by atoms with Crippen molar-refractivity contribution in [3.05, 3.63) is 29.0 Å². The molecule has 1 aliphatic heterocycles. The normalized spacial score (nSPS) is 30.6. The van der Waals surface area contributed by atoms with E-state index in [2.05, 4.69) is 16.1 Å². The summed E-state index contributed by atoms with van der Waals surface area (Å²) in [6, 6.07) is 4.00. The van der Waals surface area contributed by atoms with Crippen molar-refractivity contribution in [2.45, 2.75) is 37.8 Å². The fraction of sp³-hybridized carbons (Fsp3) is 0.579. The Bertz CT molecular complexity index is 766. The molecule has 9 heteroatoms. The molecule has 4 fully saturated rings. The highest BCUT2D eigenvalue weighted by atomic mass is 35.5. The van der Waals surface area contributed by atoms with Crippen LogP contribution >= 0.6 is 11.6 Å². The van der Waals surface area contributed by atoms with Crippen LogP contribution < -0.4 is 20.9 Å². The second kappa shape index (κ2) is 7.85. The molecule has 152 valence electrons. The van der Waals surface area contributed by atoms with Crippen LogP contribution in [0.2, 0.25) is 5.02 Å². The third kappa shape index (κ3) is 3.94. The standard InChI is InChI=1S/C19H23ClFN3O4/c20-14-2-1-12(5-15(14)21)27-10-17(25)24-16-8-19(6-11(16)7-19)18(26)22-9-13-3-4-23-28-13/h1-2,5,11,13,16,23H,3-4,6-10H2,(H,22,26)(H,24,25). The second-order valence-electron chi connectivity index (χ2n) is 7.82. The maximum Gasteiger partial charge on any atom is 0.258 e. The number of benzene rings is 1. The Labute approximate surface area is 167 Å². The number of nitrogens with one attached hydrogen (secondary N) is 3. The molecule has 0 spiro atoms. The SMILES string of the molecule is O=C(COc1ccc(Cl)c(F)c1)NC1CC2(C(=O)NCC3CCNO3)CC1C2. The van der Waals surface area contributed by atoms with Crippen LogP contribution in [0, 0.1) is 17.2 Å². The average molecular weight is 412 g/mol. The lowest BCUT2D eigenvalue weighted by Crippen LogP contribution is -2.46. The monoisotopic (exact) mass is 411 g/mol. The number of carbonyl (C=O) groups excluding carboxylic acids is 2. The van der Waals surface area contributed by atoms with Crippen LogP contribution in [-0.2, 0) is 14.4 Å². The number of halogens is 2. The van der Waals surface area contributed by atoms with Crippen molar-refractivity contribution < 1.29 is 23.6 Å². The zero-order chi connectivity index (χ0) is 19.7. The van der Waals surface area contributed by atoms with Crippen molar-refractivity contribution in [2.75, 3.05) is 19.7 Å². The van der Waals surface area contributed by atoms with Crippen LogP contribution in [0.3, 0.4) is 0 Å². The summed E-state index contributed by atoms with van der Waals surface area (Å²) >= 11 is 5.62. The van der Waals surface area contributed by atoms with Gasteiger partial charge in [0.1, 0.15) is 11.6 Å². The predicted octanol–water partition coefficient (Wildman–Crippen LogP) is 1.55. The number of rotatable bonds is 7. The van der Waals surface area contributed by atoms with E-state index in [0.717, 1.165) is 31.9 Å². The van der Waals surface area contributed by atoms with Crippen molar-refractivity contribution >= 4 is 23.4 Å². The molecular weight excluding hydrogens is 389 g/mol. The van der Waals surface area contributed by atoms with Crippen LogP contribution in [0.25, 0.3) is 0 Å². The van der Waals surface area contributed by atoms with Gasteiger partial charge in [-0.05, 0) is 43.7 Å². The molecule has 7 nitrogen and oxygen atoms in total. The molecule has 5 rings (SSSR count). The lowest BCUT2D eigenvalue weighted by molar-refractivity contribution is -0.135. The molecule has 3 saturated carbocycles. The van der Waals surface area contributed by atoms with E-state index in [-0.39, 0.29) is 46.8 Å². The zero-order valence-corrected chi connectivity index (χ0v) is 16.1. The fourth-order valence-electron chi connectivity index (χ4n) is 4.39. The van der Waals surface area contributed by atoms with Crippen molar-refractivity contribution in [3.63, 3.8) is 0 Å². The summed E-state index contributed by atoms with van der Waals surface area (Å²) in [6.45, 7) is 1.09. The third-order valence-electron chi connectivity index (χ3n) is 5.88. The minimum Gasteiger partial charge on any atom is -0.484 e. The Hall–Kier alpha value is -1.90. The first-order valence-corrected chi connectivity index (χ1v) is 9.87. The number of hydrogen-bond donors (Lipinski definition) is 3. The molecule has 1 heterocycles. The van der Waals surface area contributed by atoms with Crippen LogP contribution in [0.5, 0.6) is 5.75 Å². The summed E-state index contributed by atoms with van der Waals surface area (Å²) in [6.07, 6.45) is 3.11. The van der Waals surface area contributed by atoms with Gasteiger partial charge < -0.3 is 15.4 Å². The molecule has 2 atom stereocenters. The van der Waals surface area contributed by atoms with Gasteiger partial charge in [0.2, 0.25) is 5.91 Å². The van der Waals surface area contributed by atoms with Crippen molar-refractivity contribution in [1.29, 1.82) is 0 Å². The molecule has 1 saturated heterocycles. The molecule has 0 aromatic heterocycles. The third-order valence-corrected chi connectivity index (χ3v) is 6.19. The van der Waals surface area contributed by atoms with Crippen molar-refractivity contribution in [3.8, 4) is 5.75 Å². The van der Waals surface area contributed by atoms with E-state index >= 15 is 0 Å². The van der Waals surface area contributed by atoms with Gasteiger partial charge in [0.25, 0.3) is 5.91 Å². The Balaban J connectivity index is 1.22. The smallest absolute Gasteiger partial charge is 0.258 e. The molecule has 3 N–H and O–H groups in total. The first-order valence-electron chi connectivity index (χ1n) is 9.49. The molecule has 2 bridgehead atoms. The van der Waals surface area contributed by atoms with E-state index in [1.807, 2.05) is 0 Å². The van der Waals surface area contributed by atoms with Gasteiger partial charge >= 0.3 is 0 Å². The van der Waals surface area contributed by atoms with Crippen LogP contribution in [0.15, 0.2) is 18.2 Å². The van der Waals surface area contributed by atoms with Crippen molar-refractivity contribution in [2.24, 2.45) is 11.3 Å². The van der Waals surface area contributed by atoms with Gasteiger partial charge in [0.15, 0.2) is 6.61 Å². The second-order valence-corrected chi connectivity index (χ2v) is 8.23. The fourth-order valence-corrected chi connectivity index (χ4v) is 4.50. The highest BCUT2D eigenvalue weighted by Gasteiger charge is 2.60. The minimum atomic E-state index is -0.595. The largest absolute Gasteiger partial charge is 0.484 e. The van der Waals surface area contributed by atoms with Gasteiger partial charge in [-0.15, -0.1) is 0 Å². The molecule has 2 unspecified atom stereocenters. The molecule has 1 aromatic rings. The van der Waals surface area contributed by atoms with Gasteiger partial charge in [-0.25, -0.2) is 9.87 Å². The number of carbonyl (C=O) groups is 2. The minimum absolute atomic E-state index is 0.00173. The highest BCUT2D eigenvalue weighted by molar-refractivity contribution is 6.30. The topological polar surface area (TPSA) is 88.7 Å². The van der Waals surface area contributed by atoms with Gasteiger partial charge in [-0.1, -0.05) is 11.6 Å². The maximum absolute atomic E-state index is 13.4. The van der Waals surface area contributed by atoms with Gasteiger partial charge in [0.05, 0.1) is 16.5 Å². The molecule has 3 aliphatic carbocycles. The summed E-state index contributed by atoms with van der Waals surface area (Å²) in [5.74, 6) is -0.278. The first kappa shape index (κ1) is 19.4.